The number of pyridine rings is 1. The number of nitro groups is 1. The highest BCUT2D eigenvalue weighted by molar-refractivity contribution is 5.80. The molecule has 1 rings (SSSR count). The summed E-state index contributed by atoms with van der Waals surface area (Å²) in [6.07, 6.45) is -4.41. The van der Waals surface area contributed by atoms with Crippen LogP contribution < -0.4 is 0 Å². The van der Waals surface area contributed by atoms with Crippen molar-refractivity contribution in [1.29, 1.82) is 0 Å². The van der Waals surface area contributed by atoms with Crippen molar-refractivity contribution in [2.24, 2.45) is 0 Å². The summed E-state index contributed by atoms with van der Waals surface area (Å²) in [5.41, 5.74) is -1.90. The summed E-state index contributed by atoms with van der Waals surface area (Å²) >= 11 is 0. The molecule has 0 spiro atoms. The predicted octanol–water partition coefficient (Wildman–Crippen LogP) is 1.82. The van der Waals surface area contributed by atoms with Gasteiger partial charge in [-0.05, 0) is 16.0 Å². The summed E-state index contributed by atoms with van der Waals surface area (Å²) in [6.45, 7) is 0. The van der Waals surface area contributed by atoms with Crippen LogP contribution in [0.25, 0.3) is 0 Å². The van der Waals surface area contributed by atoms with Gasteiger partial charge in [0.15, 0.2) is 12.5 Å². The number of aldehydes is 1. The second-order valence-corrected chi connectivity index (χ2v) is 2.51. The molecule has 0 atom stereocenters. The van der Waals surface area contributed by atoms with Crippen LogP contribution in [-0.2, 0) is 6.18 Å². The smallest absolute Gasteiger partial charge is 0.358 e. The maximum Gasteiger partial charge on any atom is 0.420 e. The fourth-order valence-corrected chi connectivity index (χ4v) is 0.869. The van der Waals surface area contributed by atoms with Gasteiger partial charge < -0.3 is 10.1 Å². The Hall–Kier alpha value is -1.99. The van der Waals surface area contributed by atoms with Crippen LogP contribution >= 0.6 is 0 Å². The minimum atomic E-state index is -4.68. The average Bonchev–Trinajstić information content (AvgIpc) is 2.15. The molecule has 0 unspecified atom stereocenters. The molecule has 0 aliphatic carbocycles. The van der Waals surface area contributed by atoms with Gasteiger partial charge in [0, 0.05) is 0 Å². The lowest BCUT2D eigenvalue weighted by atomic mass is 10.2. The highest BCUT2D eigenvalue weighted by atomic mass is 19.4. The molecule has 0 saturated carbocycles. The molecule has 0 aromatic carbocycles. The van der Waals surface area contributed by atoms with Gasteiger partial charge >= 0.3 is 12.0 Å². The van der Waals surface area contributed by atoms with Gasteiger partial charge in [-0.15, -0.1) is 0 Å². The fraction of sp³-hybridized carbons (Fsp3) is 0.143. The summed E-state index contributed by atoms with van der Waals surface area (Å²) in [4.78, 5) is 22.5. The Morgan fingerprint density at radius 2 is 2.07 bits per heavy atom. The fourth-order valence-electron chi connectivity index (χ4n) is 0.869. The molecule has 0 bridgehead atoms. The summed E-state index contributed by atoms with van der Waals surface area (Å²) in [6, 6.07) is 0.387. The van der Waals surface area contributed by atoms with Crippen LogP contribution in [0.4, 0.5) is 19.0 Å². The molecule has 15 heavy (non-hydrogen) atoms. The molecule has 80 valence electrons. The molecular weight excluding hydrogens is 217 g/mol. The van der Waals surface area contributed by atoms with Crippen molar-refractivity contribution in [2.75, 3.05) is 0 Å². The Labute approximate surface area is 80.7 Å². The highest BCUT2D eigenvalue weighted by Gasteiger charge is 2.34. The van der Waals surface area contributed by atoms with E-state index in [1.54, 1.807) is 0 Å². The molecule has 8 heteroatoms. The van der Waals surface area contributed by atoms with Crippen LogP contribution in [0.2, 0.25) is 0 Å². The monoisotopic (exact) mass is 220 g/mol. The maximum atomic E-state index is 12.1. The first-order valence-electron chi connectivity index (χ1n) is 3.53. The summed E-state index contributed by atoms with van der Waals surface area (Å²) in [7, 11) is 0. The number of halogens is 3. The predicted molar refractivity (Wildman–Crippen MR) is 41.3 cm³/mol. The molecular formula is C7H3F3N2O3. The maximum absolute atomic E-state index is 12.1. The number of rotatable bonds is 2. The van der Waals surface area contributed by atoms with E-state index >= 15 is 0 Å². The summed E-state index contributed by atoms with van der Waals surface area (Å²) < 4.78 is 36.3. The summed E-state index contributed by atoms with van der Waals surface area (Å²) in [5.74, 6) is -0.891. The van der Waals surface area contributed by atoms with Crippen molar-refractivity contribution < 1.29 is 22.9 Å². The second kappa shape index (κ2) is 3.64. The van der Waals surface area contributed by atoms with E-state index in [1.165, 1.54) is 0 Å². The number of hydrogen-bond acceptors (Lipinski definition) is 4. The van der Waals surface area contributed by atoms with Crippen LogP contribution in [0.15, 0.2) is 12.3 Å². The van der Waals surface area contributed by atoms with Crippen LogP contribution in [0.1, 0.15) is 15.9 Å². The van der Waals surface area contributed by atoms with Crippen LogP contribution in [-0.4, -0.2) is 16.2 Å². The van der Waals surface area contributed by atoms with E-state index in [-0.39, 0.29) is 6.29 Å². The molecule has 0 radical (unpaired) electrons. The zero-order valence-electron chi connectivity index (χ0n) is 6.99. The first-order valence-corrected chi connectivity index (χ1v) is 3.53. The minimum Gasteiger partial charge on any atom is -0.358 e. The molecule has 5 nitrogen and oxygen atoms in total. The van der Waals surface area contributed by atoms with Gasteiger partial charge in [0.05, 0.1) is 0 Å². The quantitative estimate of drug-likeness (QED) is 0.433. The van der Waals surface area contributed by atoms with Crippen LogP contribution in [0.5, 0.6) is 0 Å². The van der Waals surface area contributed by atoms with Crippen molar-refractivity contribution in [2.45, 2.75) is 6.18 Å². The zero-order valence-corrected chi connectivity index (χ0v) is 6.99. The molecule has 1 heterocycles. The first kappa shape index (κ1) is 11.1. The third kappa shape index (κ3) is 2.27. The largest absolute Gasteiger partial charge is 0.420 e. The van der Waals surface area contributed by atoms with Gasteiger partial charge in [-0.2, -0.15) is 13.2 Å². The molecule has 1 aromatic heterocycles. The number of nitrogens with zero attached hydrogens (tertiary/aromatic N) is 2. The van der Waals surface area contributed by atoms with Gasteiger partial charge in [-0.3, -0.25) is 4.79 Å². The van der Waals surface area contributed by atoms with Crippen molar-refractivity contribution in [3.8, 4) is 0 Å². The van der Waals surface area contributed by atoms with E-state index in [0.717, 1.165) is 0 Å². The van der Waals surface area contributed by atoms with Gasteiger partial charge in [0.2, 0.25) is 0 Å². The van der Waals surface area contributed by atoms with Crippen molar-refractivity contribution in [1.82, 2.24) is 4.98 Å². The Morgan fingerprint density at radius 3 is 2.47 bits per heavy atom. The Bertz CT molecular complexity index is 416. The van der Waals surface area contributed by atoms with E-state index in [1.807, 2.05) is 0 Å². The van der Waals surface area contributed by atoms with Crippen molar-refractivity contribution >= 4 is 12.1 Å². The van der Waals surface area contributed by atoms with E-state index in [2.05, 4.69) is 4.98 Å². The third-order valence-corrected chi connectivity index (χ3v) is 1.52. The zero-order chi connectivity index (χ0) is 11.6. The molecule has 0 aliphatic heterocycles. The van der Waals surface area contributed by atoms with E-state index in [4.69, 9.17) is 0 Å². The lowest BCUT2D eigenvalue weighted by Crippen LogP contribution is -2.08. The van der Waals surface area contributed by atoms with Crippen LogP contribution in [0.3, 0.4) is 0 Å². The molecule has 0 fully saturated rings. The van der Waals surface area contributed by atoms with Crippen molar-refractivity contribution in [3.63, 3.8) is 0 Å². The molecule has 1 aromatic rings. The number of alkyl halides is 3. The van der Waals surface area contributed by atoms with Crippen molar-refractivity contribution in [3.05, 3.63) is 33.5 Å². The number of carbonyl (C=O) groups is 1. The summed E-state index contributed by atoms with van der Waals surface area (Å²) in [5, 5.41) is 10.2. The number of aromatic nitrogens is 1. The Morgan fingerprint density at radius 1 is 1.47 bits per heavy atom. The molecule has 0 N–H and O–H groups in total. The van der Waals surface area contributed by atoms with E-state index in [0.29, 0.717) is 12.3 Å². The highest BCUT2D eigenvalue weighted by Crippen LogP contribution is 2.30. The van der Waals surface area contributed by atoms with E-state index < -0.39 is 28.0 Å². The molecule has 0 saturated heterocycles. The average molecular weight is 220 g/mol. The third-order valence-electron chi connectivity index (χ3n) is 1.52. The molecule has 0 aliphatic rings. The van der Waals surface area contributed by atoms with Gasteiger partial charge in [-0.25, -0.2) is 0 Å². The second-order valence-electron chi connectivity index (χ2n) is 2.51. The SMILES string of the molecule is O=Cc1cc(C(F)(F)F)cnc1[N+](=O)[O-]. The topological polar surface area (TPSA) is 73.1 Å². The lowest BCUT2D eigenvalue weighted by molar-refractivity contribution is -0.389. The Balaban J connectivity index is 3.31. The van der Waals surface area contributed by atoms with Gasteiger partial charge in [0.25, 0.3) is 0 Å². The van der Waals surface area contributed by atoms with Gasteiger partial charge in [0.1, 0.15) is 11.1 Å². The Kier molecular flexibility index (Phi) is 2.69. The number of carbonyl (C=O) groups excluding carboxylic acids is 1. The molecule has 0 amide bonds. The van der Waals surface area contributed by atoms with E-state index in [9.17, 15) is 28.1 Å². The van der Waals surface area contributed by atoms with Crippen LogP contribution in [0, 0.1) is 10.1 Å². The van der Waals surface area contributed by atoms with Gasteiger partial charge in [-0.1, -0.05) is 0 Å². The lowest BCUT2D eigenvalue weighted by Gasteiger charge is -2.04. The standard InChI is InChI=1S/C7H3F3N2O3/c8-7(9,10)5-1-4(3-13)6(11-2-5)12(14)15/h1-3H. The normalized spacial score (nSPS) is 11.1. The first-order chi connectivity index (χ1) is 6.86. The minimum absolute atomic E-state index is 0.0413. The number of hydrogen-bond donors (Lipinski definition) is 0.